The molecule has 1 aromatic heterocycles. The Balaban J connectivity index is 2.49. The second-order valence-corrected chi connectivity index (χ2v) is 3.85. The van der Waals surface area contributed by atoms with Crippen LogP contribution in [-0.4, -0.2) is 12.1 Å². The number of nitrogens with two attached hydrogens (primary N) is 2. The van der Waals surface area contributed by atoms with E-state index in [0.29, 0.717) is 5.69 Å². The van der Waals surface area contributed by atoms with Crippen LogP contribution in [0.5, 0.6) is 5.75 Å². The minimum absolute atomic E-state index is 0.255. The summed E-state index contributed by atoms with van der Waals surface area (Å²) >= 11 is 0. The topological polar surface area (TPSA) is 86.2 Å². The molecule has 1 atom stereocenters. The van der Waals surface area contributed by atoms with Crippen LogP contribution in [0.4, 0.5) is 5.69 Å². The molecule has 0 saturated carbocycles. The highest BCUT2D eigenvalue weighted by Crippen LogP contribution is 2.31. The number of hydrazine groups is 1. The van der Waals surface area contributed by atoms with E-state index in [4.69, 9.17) is 16.3 Å². The van der Waals surface area contributed by atoms with Gasteiger partial charge in [0.05, 0.1) is 13.2 Å². The van der Waals surface area contributed by atoms with Crippen LogP contribution in [0.3, 0.4) is 0 Å². The lowest BCUT2D eigenvalue weighted by molar-refractivity contribution is 0.404. The molecule has 0 aliphatic carbocycles. The van der Waals surface area contributed by atoms with E-state index in [2.05, 4.69) is 10.4 Å². The van der Waals surface area contributed by atoms with Gasteiger partial charge in [-0.05, 0) is 12.1 Å². The van der Waals surface area contributed by atoms with E-state index in [1.54, 1.807) is 25.6 Å². The van der Waals surface area contributed by atoms with Gasteiger partial charge >= 0.3 is 0 Å². The highest BCUT2D eigenvalue weighted by atomic mass is 16.5. The fraction of sp³-hybridized carbons (Fsp3) is 0.154. The Morgan fingerprint density at radius 1 is 1.22 bits per heavy atom. The molecule has 94 valence electrons. The quantitative estimate of drug-likeness (QED) is 0.556. The highest BCUT2D eigenvalue weighted by molar-refractivity contribution is 5.51. The van der Waals surface area contributed by atoms with Gasteiger partial charge in [0.15, 0.2) is 0 Å². The van der Waals surface area contributed by atoms with E-state index in [1.165, 1.54) is 0 Å². The number of ether oxygens (including phenoxy) is 1. The summed E-state index contributed by atoms with van der Waals surface area (Å²) in [6.07, 6.45) is 3.35. The van der Waals surface area contributed by atoms with Crippen LogP contribution in [0.25, 0.3) is 0 Å². The van der Waals surface area contributed by atoms with Crippen LogP contribution in [0.2, 0.25) is 0 Å². The number of methoxy groups -OCH3 is 1. The van der Waals surface area contributed by atoms with Crippen molar-refractivity contribution in [1.29, 1.82) is 0 Å². The molecule has 1 heterocycles. The normalized spacial score (nSPS) is 12.1. The minimum Gasteiger partial charge on any atom is -0.496 e. The third-order valence-corrected chi connectivity index (χ3v) is 2.81. The summed E-state index contributed by atoms with van der Waals surface area (Å²) in [6, 6.07) is 9.14. The molecule has 2 aromatic rings. The van der Waals surface area contributed by atoms with Gasteiger partial charge in [-0.1, -0.05) is 18.2 Å². The average Bonchev–Trinajstić information content (AvgIpc) is 2.42. The minimum atomic E-state index is -0.255. The molecule has 0 aliphatic rings. The van der Waals surface area contributed by atoms with Crippen LogP contribution in [0.1, 0.15) is 17.2 Å². The fourth-order valence-corrected chi connectivity index (χ4v) is 1.91. The molecule has 5 nitrogen and oxygen atoms in total. The van der Waals surface area contributed by atoms with Gasteiger partial charge in [-0.2, -0.15) is 0 Å². The van der Waals surface area contributed by atoms with Gasteiger partial charge in [0.25, 0.3) is 0 Å². The number of benzene rings is 1. The molecule has 1 unspecified atom stereocenters. The molecule has 2 rings (SSSR count). The Kier molecular flexibility index (Phi) is 3.76. The number of anilines is 1. The van der Waals surface area contributed by atoms with Gasteiger partial charge in [0.2, 0.25) is 0 Å². The summed E-state index contributed by atoms with van der Waals surface area (Å²) in [7, 11) is 1.62. The van der Waals surface area contributed by atoms with Crippen molar-refractivity contribution in [3.63, 3.8) is 0 Å². The number of para-hydroxylation sites is 1. The SMILES string of the molecule is COc1ccccc1C(NN)c1cnccc1N. The van der Waals surface area contributed by atoms with Gasteiger partial charge in [0.1, 0.15) is 5.75 Å². The zero-order valence-corrected chi connectivity index (χ0v) is 10.1. The van der Waals surface area contributed by atoms with Crippen LogP contribution in [0.15, 0.2) is 42.7 Å². The van der Waals surface area contributed by atoms with Gasteiger partial charge < -0.3 is 10.5 Å². The van der Waals surface area contributed by atoms with Crippen molar-refractivity contribution in [3.05, 3.63) is 53.9 Å². The van der Waals surface area contributed by atoms with E-state index >= 15 is 0 Å². The highest BCUT2D eigenvalue weighted by Gasteiger charge is 2.18. The van der Waals surface area contributed by atoms with E-state index in [-0.39, 0.29) is 6.04 Å². The summed E-state index contributed by atoms with van der Waals surface area (Å²) in [5, 5.41) is 0. The third kappa shape index (κ3) is 2.27. The predicted molar refractivity (Wildman–Crippen MR) is 70.8 cm³/mol. The standard InChI is InChI=1S/C13H16N4O/c1-18-12-5-3-2-4-9(12)13(17-15)10-8-16-7-6-11(10)14/h2-8,13,17H,15H2,1H3,(H2,14,16). The maximum Gasteiger partial charge on any atom is 0.124 e. The molecule has 18 heavy (non-hydrogen) atoms. The lowest BCUT2D eigenvalue weighted by atomic mass is 9.98. The van der Waals surface area contributed by atoms with E-state index in [0.717, 1.165) is 16.9 Å². The molecule has 0 radical (unpaired) electrons. The van der Waals surface area contributed by atoms with Crippen molar-refractivity contribution < 1.29 is 4.74 Å². The number of rotatable bonds is 4. The second kappa shape index (κ2) is 5.48. The number of nitrogens with zero attached hydrogens (tertiary/aromatic N) is 1. The van der Waals surface area contributed by atoms with E-state index in [9.17, 15) is 0 Å². The molecule has 0 bridgehead atoms. The van der Waals surface area contributed by atoms with Gasteiger partial charge in [0, 0.05) is 29.2 Å². The van der Waals surface area contributed by atoms with Crippen molar-refractivity contribution in [2.45, 2.75) is 6.04 Å². The first-order valence-electron chi connectivity index (χ1n) is 5.56. The average molecular weight is 244 g/mol. The van der Waals surface area contributed by atoms with E-state index in [1.807, 2.05) is 24.3 Å². The summed E-state index contributed by atoms with van der Waals surface area (Å²) < 4.78 is 5.33. The summed E-state index contributed by atoms with van der Waals surface area (Å²) in [6.45, 7) is 0. The summed E-state index contributed by atoms with van der Waals surface area (Å²) in [5.41, 5.74) is 11.1. The molecule has 5 heteroatoms. The molecule has 1 aromatic carbocycles. The molecular formula is C13H16N4O. The van der Waals surface area contributed by atoms with Crippen LogP contribution >= 0.6 is 0 Å². The Morgan fingerprint density at radius 2 is 2.00 bits per heavy atom. The predicted octanol–water partition coefficient (Wildman–Crippen LogP) is 1.23. The number of nitrogen functional groups attached to an aromatic ring is 1. The number of hydrogen-bond donors (Lipinski definition) is 3. The lowest BCUT2D eigenvalue weighted by Gasteiger charge is -2.20. The van der Waals surface area contributed by atoms with Gasteiger partial charge in [-0.25, -0.2) is 5.43 Å². The van der Waals surface area contributed by atoms with Crippen molar-refractivity contribution >= 4 is 5.69 Å². The molecular weight excluding hydrogens is 228 g/mol. The lowest BCUT2D eigenvalue weighted by Crippen LogP contribution is -2.29. The first-order valence-corrected chi connectivity index (χ1v) is 5.56. The Morgan fingerprint density at radius 3 is 2.67 bits per heavy atom. The Labute approximate surface area is 106 Å². The van der Waals surface area contributed by atoms with Crippen molar-refractivity contribution in [2.24, 2.45) is 5.84 Å². The van der Waals surface area contributed by atoms with Crippen LogP contribution in [-0.2, 0) is 0 Å². The summed E-state index contributed by atoms with van der Waals surface area (Å²) in [5.74, 6) is 6.39. The van der Waals surface area contributed by atoms with Crippen molar-refractivity contribution in [2.75, 3.05) is 12.8 Å². The van der Waals surface area contributed by atoms with Crippen LogP contribution < -0.4 is 21.7 Å². The fourth-order valence-electron chi connectivity index (χ4n) is 1.91. The number of aromatic nitrogens is 1. The van der Waals surface area contributed by atoms with Gasteiger partial charge in [-0.3, -0.25) is 10.8 Å². The molecule has 0 spiro atoms. The first-order chi connectivity index (χ1) is 8.77. The molecule has 5 N–H and O–H groups in total. The zero-order valence-electron chi connectivity index (χ0n) is 10.1. The molecule has 0 amide bonds. The second-order valence-electron chi connectivity index (χ2n) is 3.85. The van der Waals surface area contributed by atoms with Crippen LogP contribution in [0, 0.1) is 0 Å². The Hall–Kier alpha value is -2.11. The van der Waals surface area contributed by atoms with E-state index < -0.39 is 0 Å². The first kappa shape index (κ1) is 12.3. The maximum atomic E-state index is 5.95. The number of hydrogen-bond acceptors (Lipinski definition) is 5. The Bertz CT molecular complexity index is 530. The van der Waals surface area contributed by atoms with Crippen molar-refractivity contribution in [3.8, 4) is 5.75 Å². The largest absolute Gasteiger partial charge is 0.496 e. The summed E-state index contributed by atoms with van der Waals surface area (Å²) in [4.78, 5) is 4.08. The smallest absolute Gasteiger partial charge is 0.124 e. The third-order valence-electron chi connectivity index (χ3n) is 2.81. The van der Waals surface area contributed by atoms with Gasteiger partial charge in [-0.15, -0.1) is 0 Å². The number of nitrogens with one attached hydrogen (secondary N) is 1. The number of pyridine rings is 1. The monoisotopic (exact) mass is 244 g/mol. The zero-order chi connectivity index (χ0) is 13.0. The molecule has 0 aliphatic heterocycles. The maximum absolute atomic E-state index is 5.95. The van der Waals surface area contributed by atoms with Crippen molar-refractivity contribution in [1.82, 2.24) is 10.4 Å². The molecule has 0 fully saturated rings. The molecule has 0 saturated heterocycles.